The number of rotatable bonds is 1. The van der Waals surface area contributed by atoms with Crippen molar-refractivity contribution >= 4 is 5.91 Å². The standard InChI is InChI=1S/C12H14N2O2/c15-11-10(9-4-2-1-3-5-9)14-12(6-13-11)7-16-8-12/h1-5,10,14H,6-8H2,(H,13,15)/t10-/m0/s1. The van der Waals surface area contributed by atoms with Crippen LogP contribution in [0.1, 0.15) is 11.6 Å². The molecule has 0 saturated carbocycles. The van der Waals surface area contributed by atoms with E-state index in [1.165, 1.54) is 0 Å². The van der Waals surface area contributed by atoms with Gasteiger partial charge in [-0.05, 0) is 5.56 Å². The first-order valence-electron chi connectivity index (χ1n) is 5.47. The minimum absolute atomic E-state index is 0.0451. The van der Waals surface area contributed by atoms with E-state index in [0.717, 1.165) is 5.56 Å². The van der Waals surface area contributed by atoms with Gasteiger partial charge in [0.15, 0.2) is 0 Å². The SMILES string of the molecule is O=C1NCC2(COC2)N[C@H]1c1ccccc1. The fourth-order valence-electron chi connectivity index (χ4n) is 2.20. The first kappa shape index (κ1) is 9.81. The molecule has 1 spiro atoms. The molecule has 4 nitrogen and oxygen atoms in total. The number of carbonyl (C=O) groups excluding carboxylic acids is 1. The molecule has 1 aromatic rings. The number of carbonyl (C=O) groups is 1. The molecule has 2 fully saturated rings. The van der Waals surface area contributed by atoms with Crippen LogP contribution < -0.4 is 10.6 Å². The molecule has 2 N–H and O–H groups in total. The Morgan fingerprint density at radius 1 is 1.25 bits per heavy atom. The maximum atomic E-state index is 11.8. The summed E-state index contributed by atoms with van der Waals surface area (Å²) in [6, 6.07) is 9.53. The minimum atomic E-state index is -0.251. The highest BCUT2D eigenvalue weighted by Crippen LogP contribution is 2.25. The molecule has 4 heteroatoms. The third kappa shape index (κ3) is 1.50. The van der Waals surface area contributed by atoms with Crippen molar-refractivity contribution in [3.8, 4) is 0 Å². The van der Waals surface area contributed by atoms with Crippen LogP contribution >= 0.6 is 0 Å². The van der Waals surface area contributed by atoms with Crippen LogP contribution in [0.15, 0.2) is 30.3 Å². The molecule has 2 saturated heterocycles. The zero-order chi connectivity index (χ0) is 11.0. The first-order valence-corrected chi connectivity index (χ1v) is 5.47. The van der Waals surface area contributed by atoms with Gasteiger partial charge in [0.25, 0.3) is 0 Å². The van der Waals surface area contributed by atoms with E-state index in [4.69, 9.17) is 4.74 Å². The van der Waals surface area contributed by atoms with E-state index < -0.39 is 0 Å². The monoisotopic (exact) mass is 218 g/mol. The average Bonchev–Trinajstić information content (AvgIpc) is 2.29. The summed E-state index contributed by atoms with van der Waals surface area (Å²) in [5, 5.41) is 6.34. The van der Waals surface area contributed by atoms with Crippen LogP contribution in [0.4, 0.5) is 0 Å². The van der Waals surface area contributed by atoms with E-state index in [2.05, 4.69) is 10.6 Å². The lowest BCUT2D eigenvalue weighted by atomic mass is 9.90. The Morgan fingerprint density at radius 2 is 2.00 bits per heavy atom. The maximum absolute atomic E-state index is 11.8. The van der Waals surface area contributed by atoms with Crippen molar-refractivity contribution in [3.05, 3.63) is 35.9 Å². The highest BCUT2D eigenvalue weighted by molar-refractivity contribution is 5.84. The van der Waals surface area contributed by atoms with Crippen molar-refractivity contribution in [2.75, 3.05) is 19.8 Å². The molecular weight excluding hydrogens is 204 g/mol. The number of ether oxygens (including phenoxy) is 1. The number of hydrogen-bond donors (Lipinski definition) is 2. The van der Waals surface area contributed by atoms with E-state index in [1.54, 1.807) is 0 Å². The van der Waals surface area contributed by atoms with Crippen molar-refractivity contribution in [2.24, 2.45) is 0 Å². The minimum Gasteiger partial charge on any atom is -0.377 e. The molecule has 0 aliphatic carbocycles. The number of piperazine rings is 1. The number of benzene rings is 1. The second-order valence-corrected chi connectivity index (χ2v) is 4.48. The van der Waals surface area contributed by atoms with Gasteiger partial charge in [-0.3, -0.25) is 10.1 Å². The van der Waals surface area contributed by atoms with Gasteiger partial charge in [-0.15, -0.1) is 0 Å². The second kappa shape index (κ2) is 3.57. The molecule has 2 heterocycles. The Balaban J connectivity index is 1.85. The predicted octanol–water partition coefficient (Wildman–Crippen LogP) is 0.216. The summed E-state index contributed by atoms with van der Waals surface area (Å²) in [5.74, 6) is 0.0451. The van der Waals surface area contributed by atoms with E-state index in [0.29, 0.717) is 19.8 Å². The Kier molecular flexibility index (Phi) is 2.19. The molecule has 3 rings (SSSR count). The highest BCUT2D eigenvalue weighted by Gasteiger charge is 2.45. The van der Waals surface area contributed by atoms with Crippen LogP contribution in [0.5, 0.6) is 0 Å². The zero-order valence-corrected chi connectivity index (χ0v) is 8.90. The summed E-state index contributed by atoms with van der Waals surface area (Å²) >= 11 is 0. The second-order valence-electron chi connectivity index (χ2n) is 4.48. The molecule has 1 amide bonds. The third-order valence-corrected chi connectivity index (χ3v) is 3.20. The summed E-state index contributed by atoms with van der Waals surface area (Å²) in [6.07, 6.45) is 0. The molecule has 84 valence electrons. The quantitative estimate of drug-likeness (QED) is 0.708. The molecule has 2 aliphatic heterocycles. The van der Waals surface area contributed by atoms with Crippen LogP contribution in [-0.2, 0) is 9.53 Å². The van der Waals surface area contributed by atoms with Crippen LogP contribution in [-0.4, -0.2) is 31.2 Å². The maximum Gasteiger partial charge on any atom is 0.241 e. The van der Waals surface area contributed by atoms with Gasteiger partial charge in [-0.25, -0.2) is 0 Å². The molecular formula is C12H14N2O2. The van der Waals surface area contributed by atoms with Gasteiger partial charge >= 0.3 is 0 Å². The molecule has 16 heavy (non-hydrogen) atoms. The van der Waals surface area contributed by atoms with E-state index in [-0.39, 0.29) is 17.5 Å². The lowest BCUT2D eigenvalue weighted by Crippen LogP contribution is -2.71. The smallest absolute Gasteiger partial charge is 0.241 e. The van der Waals surface area contributed by atoms with Crippen molar-refractivity contribution in [3.63, 3.8) is 0 Å². The van der Waals surface area contributed by atoms with Crippen LogP contribution in [0.25, 0.3) is 0 Å². The third-order valence-electron chi connectivity index (χ3n) is 3.20. The topological polar surface area (TPSA) is 50.4 Å². The lowest BCUT2D eigenvalue weighted by Gasteiger charge is -2.47. The first-order chi connectivity index (χ1) is 7.79. The van der Waals surface area contributed by atoms with E-state index in [1.807, 2.05) is 30.3 Å². The fourth-order valence-corrected chi connectivity index (χ4v) is 2.20. The largest absolute Gasteiger partial charge is 0.377 e. The van der Waals surface area contributed by atoms with Crippen molar-refractivity contribution < 1.29 is 9.53 Å². The van der Waals surface area contributed by atoms with Gasteiger partial charge in [0, 0.05) is 6.54 Å². The molecule has 0 unspecified atom stereocenters. The molecule has 1 atom stereocenters. The van der Waals surface area contributed by atoms with Gasteiger partial charge in [0.2, 0.25) is 5.91 Å². The van der Waals surface area contributed by atoms with Gasteiger partial charge in [-0.2, -0.15) is 0 Å². The number of nitrogens with one attached hydrogen (secondary N) is 2. The van der Waals surface area contributed by atoms with Crippen molar-refractivity contribution in [2.45, 2.75) is 11.6 Å². The van der Waals surface area contributed by atoms with E-state index in [9.17, 15) is 4.79 Å². The highest BCUT2D eigenvalue weighted by atomic mass is 16.5. The summed E-state index contributed by atoms with van der Waals surface area (Å²) < 4.78 is 5.22. The Labute approximate surface area is 94.0 Å². The Bertz CT molecular complexity index is 401. The summed E-state index contributed by atoms with van der Waals surface area (Å²) in [5.41, 5.74) is 0.958. The van der Waals surface area contributed by atoms with Gasteiger partial charge in [0.1, 0.15) is 6.04 Å². The average molecular weight is 218 g/mol. The number of amides is 1. The summed E-state index contributed by atoms with van der Waals surface area (Å²) in [6.45, 7) is 2.02. The Morgan fingerprint density at radius 3 is 2.62 bits per heavy atom. The molecule has 0 aromatic heterocycles. The van der Waals surface area contributed by atoms with Crippen molar-refractivity contribution in [1.82, 2.24) is 10.6 Å². The molecule has 1 aromatic carbocycles. The van der Waals surface area contributed by atoms with Crippen LogP contribution in [0, 0.1) is 0 Å². The summed E-state index contributed by atoms with van der Waals surface area (Å²) in [7, 11) is 0. The number of hydrogen-bond acceptors (Lipinski definition) is 3. The van der Waals surface area contributed by atoms with Crippen LogP contribution in [0.2, 0.25) is 0 Å². The fraction of sp³-hybridized carbons (Fsp3) is 0.417. The van der Waals surface area contributed by atoms with Gasteiger partial charge < -0.3 is 10.1 Å². The van der Waals surface area contributed by atoms with E-state index >= 15 is 0 Å². The van der Waals surface area contributed by atoms with Crippen LogP contribution in [0.3, 0.4) is 0 Å². The van der Waals surface area contributed by atoms with Crippen molar-refractivity contribution in [1.29, 1.82) is 0 Å². The predicted molar refractivity (Wildman–Crippen MR) is 58.9 cm³/mol. The molecule has 0 bridgehead atoms. The zero-order valence-electron chi connectivity index (χ0n) is 8.90. The van der Waals surface area contributed by atoms with Gasteiger partial charge in [0.05, 0.1) is 18.8 Å². The summed E-state index contributed by atoms with van der Waals surface area (Å²) in [4.78, 5) is 11.8. The molecule has 2 aliphatic rings. The normalized spacial score (nSPS) is 27.2. The van der Waals surface area contributed by atoms with Gasteiger partial charge in [-0.1, -0.05) is 30.3 Å². The Hall–Kier alpha value is -1.39. The molecule has 0 radical (unpaired) electrons. The lowest BCUT2D eigenvalue weighted by molar-refractivity contribution is -0.136.